The highest BCUT2D eigenvalue weighted by Crippen LogP contribution is 2.21. The summed E-state index contributed by atoms with van der Waals surface area (Å²) in [4.78, 5) is 31.2. The summed E-state index contributed by atoms with van der Waals surface area (Å²) in [5.41, 5.74) is 14.5. The Hall–Kier alpha value is -5.96. The molecule has 0 aliphatic carbocycles. The molecule has 12 N–H and O–H groups in total. The minimum absolute atomic E-state index is 0.0812. The summed E-state index contributed by atoms with van der Waals surface area (Å²) in [6.07, 6.45) is 15.5. The van der Waals surface area contributed by atoms with Crippen LogP contribution in [-0.2, 0) is 48.9 Å². The monoisotopic (exact) mass is 1440 g/mol. The number of pyridine rings is 2. The molecule has 4 atom stereocenters. The van der Waals surface area contributed by atoms with Crippen LogP contribution in [-0.4, -0.2) is 97.5 Å². The number of rotatable bonds is 28. The zero-order valence-electron chi connectivity index (χ0n) is 64.8. The van der Waals surface area contributed by atoms with Crippen LogP contribution in [0.4, 0.5) is 5.13 Å². The van der Waals surface area contributed by atoms with Crippen LogP contribution in [0.5, 0.6) is 0 Å². The minimum atomic E-state index is -0.906. The Bertz CT molecular complexity index is 3260. The molecule has 0 fully saturated rings. The van der Waals surface area contributed by atoms with Crippen molar-refractivity contribution in [3.63, 3.8) is 0 Å². The Morgan fingerprint density at radius 1 is 0.660 bits per heavy atom. The van der Waals surface area contributed by atoms with E-state index in [0.29, 0.717) is 55.3 Å². The third kappa shape index (κ3) is 50.4. The maximum Gasteiger partial charge on any atom is 0.423 e. The molecular formula is C78H134N14O5P2S+2. The number of aromatic amines is 2. The maximum atomic E-state index is 10.3. The number of nitrogens with one attached hydrogen (secondary N) is 9. The van der Waals surface area contributed by atoms with Gasteiger partial charge in [-0.15, -0.1) is 0 Å². The number of unbranched alkanes of at least 4 members (excludes halogenated alkanes) is 1. The van der Waals surface area contributed by atoms with E-state index in [0.717, 1.165) is 68.3 Å². The molecule has 0 radical (unpaired) electrons. The molecule has 4 unspecified atom stereocenters. The Balaban J connectivity index is 0.00000112. The lowest BCUT2D eigenvalue weighted by Crippen LogP contribution is -2.34. The van der Waals surface area contributed by atoms with Crippen LogP contribution in [0, 0.1) is 10.1 Å². The molecule has 8 rings (SSSR count). The SMILES string of the molecule is CC.CC(C)(C)NCc1c[nH]c2ccccc12.CC(C)NCCCCC(N)C(=O)O.CC(C)NCc1cc2ccccc2[nH]1.CC(C)NCc1cc[n+](P)cc1.CC(C)NCc1ccc[n+](P)c1.CC(C)NCc1ccccc1.CC(C)OCc1cnc([N+](=O)[O-])s1.CCC(C)NC(C)C. The number of hydrogen-bond donors (Lipinski definition) is 11. The lowest BCUT2D eigenvalue weighted by atomic mass is 10.1. The first-order chi connectivity index (χ1) is 47.3. The van der Waals surface area contributed by atoms with Gasteiger partial charge in [0.1, 0.15) is 6.04 Å². The number of aliphatic carboxylic acids is 1. The molecule has 0 saturated heterocycles. The molecule has 5 aromatic heterocycles. The molecule has 22 heteroatoms. The number of thiazole rings is 1. The Morgan fingerprint density at radius 2 is 1.18 bits per heavy atom. The van der Waals surface area contributed by atoms with Gasteiger partial charge in [0.2, 0.25) is 0 Å². The number of carboxylic acid groups (broad SMARTS) is 1. The number of fused-ring (bicyclic) bond motifs is 2. The largest absolute Gasteiger partial charge is 0.480 e. The number of carbonyl (C=O) groups is 1. The normalized spacial score (nSPS) is 11.5. The molecule has 0 aliphatic heterocycles. The summed E-state index contributed by atoms with van der Waals surface area (Å²) < 4.78 is 9.21. The standard InChI is InChI=1S/C13H18N2.C12H16N2.C10H15N.C9H20N2O2.2C9H16N2P.C7H10N2O3S.C7H17N.C2H6/c1-13(2,3)15-9-10-8-14-12-7-5-4-6-11(10)12;1-9(2)13-8-11-7-10-5-3-4-6-12(10)14-11;1-9(2)11-8-10-6-4-3-5-7-10;1-7(2)11-6-4-3-5-8(10)9(12)13;1-8(2)10-7-9-3-5-11(12)6-4-9;1-8(2)10-6-9-4-3-5-11(12)7-9;1-5(2)12-4-6-3-8-7(13-6)9(10)11;1-5-7(4)8-6(2)3;1-2/h4-8,14-15H,9H2,1-3H3;3-7,9,13-14H,8H2,1-2H3;3-7,9,11H,8H2,1-2H3;7-8,11H,3-6,10H2,1-2H3,(H,12,13);3-6,8,10H,7,12H2,1-2H3;3-5,7-8,10H,6,12H2,1-2H3;3,5H,4H2,1-2H3;6-8H,5H2,1-4H3;1-2H3/q;;;;2*+1;;;. The Morgan fingerprint density at radius 3 is 1.67 bits per heavy atom. The van der Waals surface area contributed by atoms with E-state index in [2.05, 4.69) is 298 Å². The van der Waals surface area contributed by atoms with E-state index >= 15 is 0 Å². The molecule has 0 spiro atoms. The quantitative estimate of drug-likeness (QED) is 0.00945. The fourth-order valence-corrected chi connectivity index (χ4v) is 9.47. The zero-order valence-corrected chi connectivity index (χ0v) is 68.0. The lowest BCUT2D eigenvalue weighted by molar-refractivity contribution is -0.500. The highest BCUT2D eigenvalue weighted by Gasteiger charge is 2.14. The average molecular weight is 1440 g/mol. The topological polar surface area (TPSA) is 252 Å². The first kappa shape index (κ1) is 94.0. The molecule has 5 heterocycles. The smallest absolute Gasteiger partial charge is 0.423 e. The number of nitrogens with two attached hydrogens (primary N) is 1. The van der Waals surface area contributed by atoms with Crippen molar-refractivity contribution < 1.29 is 28.2 Å². The van der Waals surface area contributed by atoms with E-state index in [1.54, 1.807) is 0 Å². The number of aromatic nitrogens is 5. The first-order valence-electron chi connectivity index (χ1n) is 35.8. The lowest BCUT2D eigenvalue weighted by Gasteiger charge is -2.20. The fourth-order valence-electron chi connectivity index (χ4n) is 8.37. The third-order valence-corrected chi connectivity index (χ3v) is 15.4. The van der Waals surface area contributed by atoms with Crippen LogP contribution >= 0.6 is 30.1 Å². The molecule has 0 bridgehead atoms. The van der Waals surface area contributed by atoms with Gasteiger partial charge in [-0.05, 0) is 135 Å². The van der Waals surface area contributed by atoms with E-state index in [1.165, 1.54) is 62.4 Å². The number of nitrogens with zero attached hydrogens (tertiary/aromatic N) is 4. The number of carboxylic acids is 1. The highest BCUT2D eigenvalue weighted by atomic mass is 32.1. The van der Waals surface area contributed by atoms with E-state index in [9.17, 15) is 14.9 Å². The van der Waals surface area contributed by atoms with Crippen LogP contribution in [0.15, 0.2) is 146 Å². The molecular weight excluding hydrogens is 1310 g/mol. The van der Waals surface area contributed by atoms with Crippen LogP contribution in [0.1, 0.15) is 204 Å². The van der Waals surface area contributed by atoms with Gasteiger partial charge in [-0.1, -0.05) is 177 Å². The van der Waals surface area contributed by atoms with Crippen LogP contribution in [0.25, 0.3) is 21.8 Å². The predicted octanol–water partition coefficient (Wildman–Crippen LogP) is 15.5. The minimum Gasteiger partial charge on any atom is -0.480 e. The van der Waals surface area contributed by atoms with E-state index in [1.807, 2.05) is 67.1 Å². The number of para-hydroxylation sites is 2. The second-order valence-corrected chi connectivity index (χ2v) is 29.5. The third-order valence-electron chi connectivity index (χ3n) is 13.9. The van der Waals surface area contributed by atoms with Gasteiger partial charge in [-0.25, -0.2) is 0 Å². The van der Waals surface area contributed by atoms with Gasteiger partial charge < -0.3 is 72.9 Å². The van der Waals surface area contributed by atoms with Crippen molar-refractivity contribution in [1.82, 2.24) is 52.2 Å². The molecule has 3 aromatic carbocycles. The molecule has 0 saturated carbocycles. The summed E-state index contributed by atoms with van der Waals surface area (Å²) in [5, 5.41) is 44.9. The van der Waals surface area contributed by atoms with Crippen molar-refractivity contribution in [3.8, 4) is 0 Å². The van der Waals surface area contributed by atoms with Gasteiger partial charge in [0.05, 0.1) is 17.6 Å². The van der Waals surface area contributed by atoms with Gasteiger partial charge in [0, 0.05) is 133 Å². The summed E-state index contributed by atoms with van der Waals surface area (Å²) in [5.74, 6) is -0.906. The van der Waals surface area contributed by atoms with Crippen LogP contribution in [0.2, 0.25) is 0 Å². The van der Waals surface area contributed by atoms with Gasteiger partial charge in [-0.3, -0.25) is 4.79 Å². The van der Waals surface area contributed by atoms with Crippen molar-refractivity contribution in [2.24, 2.45) is 5.73 Å². The Kier molecular flexibility index (Phi) is 52.3. The molecule has 100 heavy (non-hydrogen) atoms. The van der Waals surface area contributed by atoms with E-state index < -0.39 is 16.9 Å². The van der Waals surface area contributed by atoms with Crippen molar-refractivity contribution >= 4 is 63.0 Å². The predicted molar refractivity (Wildman–Crippen MR) is 432 cm³/mol. The summed E-state index contributed by atoms with van der Waals surface area (Å²) in [7, 11) is 5.23. The maximum absolute atomic E-state index is 10.3. The van der Waals surface area contributed by atoms with Crippen molar-refractivity contribution in [2.45, 2.75) is 270 Å². The second-order valence-electron chi connectivity index (χ2n) is 27.2. The summed E-state index contributed by atoms with van der Waals surface area (Å²) in [6.45, 7) is 50.5. The zero-order chi connectivity index (χ0) is 75.6. The van der Waals surface area contributed by atoms with Gasteiger partial charge >= 0.3 is 11.1 Å². The van der Waals surface area contributed by atoms with E-state index in [-0.39, 0.29) is 16.8 Å². The van der Waals surface area contributed by atoms with Crippen LogP contribution < -0.4 is 51.6 Å². The molecule has 8 aromatic rings. The molecule has 560 valence electrons. The molecule has 19 nitrogen and oxygen atoms in total. The van der Waals surface area contributed by atoms with Gasteiger partial charge in [0.25, 0.3) is 0 Å². The fraction of sp³-hybridized carbons (Fsp3) is 0.538. The number of benzene rings is 3. The van der Waals surface area contributed by atoms with Crippen molar-refractivity contribution in [3.05, 3.63) is 189 Å². The molecule has 0 amide bonds. The van der Waals surface area contributed by atoms with Crippen molar-refractivity contribution in [2.75, 3.05) is 6.54 Å². The number of nitro groups is 1. The second kappa shape index (κ2) is 55.6. The van der Waals surface area contributed by atoms with Crippen molar-refractivity contribution in [1.29, 1.82) is 0 Å². The van der Waals surface area contributed by atoms with Gasteiger partial charge in [0.15, 0.2) is 49.8 Å². The highest BCUT2D eigenvalue weighted by molar-refractivity contribution is 7.14. The Labute approximate surface area is 612 Å². The van der Waals surface area contributed by atoms with Crippen LogP contribution in [0.3, 0.4) is 0 Å². The average Bonchev–Trinajstić information content (AvgIpc) is 1.70. The number of H-pyrrole nitrogens is 2. The number of ether oxygens (including phenoxy) is 1. The first-order valence-corrected chi connectivity index (χ1v) is 37.6. The number of hydrogen-bond acceptors (Lipinski definition) is 14. The van der Waals surface area contributed by atoms with Gasteiger partial charge in [-0.2, -0.15) is 8.68 Å². The molecule has 0 aliphatic rings. The summed E-state index contributed by atoms with van der Waals surface area (Å²) >= 11 is 1.05. The van der Waals surface area contributed by atoms with E-state index in [4.69, 9.17) is 15.6 Å². The summed E-state index contributed by atoms with van der Waals surface area (Å²) in [6, 6.07) is 41.1.